The summed E-state index contributed by atoms with van der Waals surface area (Å²) in [6, 6.07) is 13.7. The summed E-state index contributed by atoms with van der Waals surface area (Å²) >= 11 is 0. The molecule has 0 saturated heterocycles. The molecule has 0 saturated carbocycles. The predicted molar refractivity (Wildman–Crippen MR) is 120 cm³/mol. The molecule has 0 N–H and O–H groups in total. The molecule has 0 spiro atoms. The smallest absolute Gasteiger partial charge is 0.249 e. The van der Waals surface area contributed by atoms with Gasteiger partial charge in [-0.1, -0.05) is 43.7 Å². The second-order valence-corrected chi connectivity index (χ2v) is 7.57. The van der Waals surface area contributed by atoms with E-state index in [2.05, 4.69) is 6.92 Å². The molecule has 170 valence electrons. The lowest BCUT2D eigenvalue weighted by atomic mass is 10.2. The minimum absolute atomic E-state index is 0.0189. The van der Waals surface area contributed by atoms with E-state index < -0.39 is 0 Å². The number of ether oxygens (including phenoxy) is 2. The molecule has 0 unspecified atom stereocenters. The molecule has 2 aromatic rings. The quantitative estimate of drug-likeness (QED) is 0.463. The van der Waals surface area contributed by atoms with Crippen LogP contribution in [0.25, 0.3) is 0 Å². The van der Waals surface area contributed by atoms with Crippen molar-refractivity contribution in [2.45, 2.75) is 32.9 Å². The second kappa shape index (κ2) is 13.6. The van der Waals surface area contributed by atoms with E-state index in [0.717, 1.165) is 24.1 Å². The van der Waals surface area contributed by atoms with E-state index in [1.165, 1.54) is 4.90 Å². The van der Waals surface area contributed by atoms with Gasteiger partial charge in [-0.2, -0.15) is 0 Å². The normalized spacial score (nSPS) is 10.8. The highest BCUT2D eigenvalue weighted by Crippen LogP contribution is 2.09. The zero-order chi connectivity index (χ0) is 22.5. The molecule has 1 heterocycles. The summed E-state index contributed by atoms with van der Waals surface area (Å²) in [5, 5.41) is 0. The lowest BCUT2D eigenvalue weighted by Gasteiger charge is -2.28. The lowest BCUT2D eigenvalue weighted by molar-refractivity contribution is -0.144. The van der Waals surface area contributed by atoms with Crippen molar-refractivity contribution >= 4 is 11.8 Å². The molecule has 7 heteroatoms. The van der Waals surface area contributed by atoms with Crippen LogP contribution in [0.1, 0.15) is 31.0 Å². The third-order valence-electron chi connectivity index (χ3n) is 5.12. The van der Waals surface area contributed by atoms with Gasteiger partial charge in [0, 0.05) is 39.1 Å². The Bertz CT molecular complexity index is 791. The van der Waals surface area contributed by atoms with Crippen molar-refractivity contribution < 1.29 is 19.1 Å². The number of benzene rings is 1. The highest BCUT2D eigenvalue weighted by Gasteiger charge is 2.22. The molecule has 2 rings (SSSR count). The SMILES string of the molecule is CCCCN(Cc1cccn1C)C(=O)CN(CCOC)C(=O)COCc1ccccc1. The first-order chi connectivity index (χ1) is 15.0. The van der Waals surface area contributed by atoms with E-state index in [4.69, 9.17) is 9.47 Å². The van der Waals surface area contributed by atoms with Crippen molar-refractivity contribution in [1.82, 2.24) is 14.4 Å². The van der Waals surface area contributed by atoms with Gasteiger partial charge in [0.1, 0.15) is 6.61 Å². The Morgan fingerprint density at radius 1 is 1.00 bits per heavy atom. The van der Waals surface area contributed by atoms with Gasteiger partial charge in [0.25, 0.3) is 0 Å². The monoisotopic (exact) mass is 429 g/mol. The molecule has 31 heavy (non-hydrogen) atoms. The maximum atomic E-state index is 13.1. The lowest BCUT2D eigenvalue weighted by Crippen LogP contribution is -2.45. The van der Waals surface area contributed by atoms with Crippen molar-refractivity contribution in [3.8, 4) is 0 Å². The van der Waals surface area contributed by atoms with Crippen LogP contribution in [0.5, 0.6) is 0 Å². The van der Waals surface area contributed by atoms with Crippen LogP contribution in [0.4, 0.5) is 0 Å². The van der Waals surface area contributed by atoms with Crippen LogP contribution < -0.4 is 0 Å². The summed E-state index contributed by atoms with van der Waals surface area (Å²) in [5.74, 6) is -0.280. The van der Waals surface area contributed by atoms with Crippen LogP contribution in [0, 0.1) is 0 Å². The van der Waals surface area contributed by atoms with E-state index in [1.807, 2.05) is 65.2 Å². The molecule has 0 bridgehead atoms. The number of hydrogen-bond donors (Lipinski definition) is 0. The van der Waals surface area contributed by atoms with Crippen molar-refractivity contribution in [3.63, 3.8) is 0 Å². The number of carbonyl (C=O) groups is 2. The van der Waals surface area contributed by atoms with Crippen LogP contribution >= 0.6 is 0 Å². The summed E-state index contributed by atoms with van der Waals surface area (Å²) in [6.07, 6.45) is 3.88. The number of aryl methyl sites for hydroxylation is 1. The number of rotatable bonds is 14. The fraction of sp³-hybridized carbons (Fsp3) is 0.500. The number of unbranched alkanes of at least 4 members (excludes halogenated alkanes) is 1. The fourth-order valence-corrected chi connectivity index (χ4v) is 3.18. The van der Waals surface area contributed by atoms with Crippen molar-refractivity contribution in [1.29, 1.82) is 0 Å². The van der Waals surface area contributed by atoms with E-state index in [-0.39, 0.29) is 25.0 Å². The Morgan fingerprint density at radius 2 is 1.77 bits per heavy atom. The first-order valence-corrected chi connectivity index (χ1v) is 10.8. The van der Waals surface area contributed by atoms with Crippen molar-refractivity contribution in [2.75, 3.05) is 40.0 Å². The molecule has 0 aliphatic rings. The van der Waals surface area contributed by atoms with Crippen LogP contribution in [0.15, 0.2) is 48.7 Å². The van der Waals surface area contributed by atoms with Gasteiger partial charge in [-0.3, -0.25) is 9.59 Å². The zero-order valence-electron chi connectivity index (χ0n) is 19.0. The van der Waals surface area contributed by atoms with Gasteiger partial charge in [-0.05, 0) is 24.1 Å². The summed E-state index contributed by atoms with van der Waals surface area (Å²) < 4.78 is 12.7. The van der Waals surface area contributed by atoms with Gasteiger partial charge >= 0.3 is 0 Å². The Kier molecular flexibility index (Phi) is 10.8. The number of aromatic nitrogens is 1. The van der Waals surface area contributed by atoms with Crippen LogP contribution in [-0.4, -0.2) is 66.1 Å². The van der Waals surface area contributed by atoms with Gasteiger partial charge < -0.3 is 23.8 Å². The minimum Gasteiger partial charge on any atom is -0.383 e. The summed E-state index contributed by atoms with van der Waals surface area (Å²) in [6.45, 7) is 4.31. The topological polar surface area (TPSA) is 64.0 Å². The standard InChI is InChI=1S/C24H35N3O4/c1-4-5-14-26(17-22-12-9-13-25(22)2)23(28)18-27(15-16-30-3)24(29)20-31-19-21-10-7-6-8-11-21/h6-13H,4-5,14-20H2,1-3H3. The van der Waals surface area contributed by atoms with E-state index in [0.29, 0.717) is 32.8 Å². The summed E-state index contributed by atoms with van der Waals surface area (Å²) in [4.78, 5) is 29.2. The third kappa shape index (κ3) is 8.55. The van der Waals surface area contributed by atoms with E-state index in [1.54, 1.807) is 7.11 Å². The largest absolute Gasteiger partial charge is 0.383 e. The molecular weight excluding hydrogens is 394 g/mol. The molecular formula is C24H35N3O4. The number of methoxy groups -OCH3 is 1. The van der Waals surface area contributed by atoms with E-state index >= 15 is 0 Å². The molecule has 0 radical (unpaired) electrons. The highest BCUT2D eigenvalue weighted by atomic mass is 16.5. The average molecular weight is 430 g/mol. The molecule has 0 aliphatic carbocycles. The average Bonchev–Trinajstić information content (AvgIpc) is 3.18. The minimum atomic E-state index is -0.212. The molecule has 0 atom stereocenters. The maximum absolute atomic E-state index is 13.1. The van der Waals surface area contributed by atoms with Crippen LogP contribution in [-0.2, 0) is 39.3 Å². The molecule has 7 nitrogen and oxygen atoms in total. The third-order valence-corrected chi connectivity index (χ3v) is 5.12. The number of nitrogens with zero attached hydrogens (tertiary/aromatic N) is 3. The van der Waals surface area contributed by atoms with Crippen molar-refractivity contribution in [3.05, 3.63) is 59.9 Å². The molecule has 2 amide bonds. The van der Waals surface area contributed by atoms with E-state index in [9.17, 15) is 9.59 Å². The Hall–Kier alpha value is -2.64. The summed E-state index contributed by atoms with van der Waals surface area (Å²) in [7, 11) is 3.55. The zero-order valence-corrected chi connectivity index (χ0v) is 19.0. The van der Waals surface area contributed by atoms with Gasteiger partial charge in [0.2, 0.25) is 11.8 Å². The Labute approximate surface area is 185 Å². The second-order valence-electron chi connectivity index (χ2n) is 7.57. The van der Waals surface area contributed by atoms with Gasteiger partial charge in [0.15, 0.2) is 0 Å². The Balaban J connectivity index is 1.97. The number of hydrogen-bond acceptors (Lipinski definition) is 4. The van der Waals surface area contributed by atoms with Crippen LogP contribution in [0.2, 0.25) is 0 Å². The van der Waals surface area contributed by atoms with Gasteiger partial charge in [0.05, 0.1) is 26.3 Å². The molecule has 1 aromatic heterocycles. The van der Waals surface area contributed by atoms with Crippen LogP contribution in [0.3, 0.4) is 0 Å². The molecule has 1 aromatic carbocycles. The van der Waals surface area contributed by atoms with Crippen molar-refractivity contribution in [2.24, 2.45) is 7.05 Å². The fourth-order valence-electron chi connectivity index (χ4n) is 3.18. The first-order valence-electron chi connectivity index (χ1n) is 10.8. The molecule has 0 aliphatic heterocycles. The van der Waals surface area contributed by atoms with Gasteiger partial charge in [-0.15, -0.1) is 0 Å². The summed E-state index contributed by atoms with van der Waals surface area (Å²) in [5.41, 5.74) is 2.06. The first kappa shape index (κ1) is 24.6. The van der Waals surface area contributed by atoms with Gasteiger partial charge in [-0.25, -0.2) is 0 Å². The number of carbonyl (C=O) groups excluding carboxylic acids is 2. The maximum Gasteiger partial charge on any atom is 0.249 e. The predicted octanol–water partition coefficient (Wildman–Crippen LogP) is 2.85. The number of amides is 2. The Morgan fingerprint density at radius 3 is 2.42 bits per heavy atom. The molecule has 0 fully saturated rings. The highest BCUT2D eigenvalue weighted by molar-refractivity contribution is 5.85.